The highest BCUT2D eigenvalue weighted by molar-refractivity contribution is 5.44. The smallest absolute Gasteiger partial charge is 0.146 e. The van der Waals surface area contributed by atoms with Crippen molar-refractivity contribution in [3.63, 3.8) is 0 Å². The minimum absolute atomic E-state index is 0.164. The van der Waals surface area contributed by atoms with Crippen molar-refractivity contribution in [1.82, 2.24) is 4.90 Å². The van der Waals surface area contributed by atoms with Crippen molar-refractivity contribution in [2.45, 2.75) is 25.7 Å². The number of likely N-dealkylation sites (N-methyl/N-ethyl adjacent to an activating group) is 1. The van der Waals surface area contributed by atoms with Crippen LogP contribution in [0.3, 0.4) is 0 Å². The summed E-state index contributed by atoms with van der Waals surface area (Å²) < 4.78 is 13.5. The van der Waals surface area contributed by atoms with E-state index >= 15 is 0 Å². The number of rotatable bonds is 6. The van der Waals surface area contributed by atoms with E-state index in [1.54, 1.807) is 12.1 Å². The molecule has 0 aromatic heterocycles. The van der Waals surface area contributed by atoms with Crippen LogP contribution in [0.1, 0.15) is 25.7 Å². The van der Waals surface area contributed by atoms with E-state index in [4.69, 9.17) is 0 Å². The van der Waals surface area contributed by atoms with E-state index in [1.807, 2.05) is 6.07 Å². The Morgan fingerprint density at radius 1 is 1.25 bits per heavy atom. The van der Waals surface area contributed by atoms with E-state index in [1.165, 1.54) is 38.3 Å². The summed E-state index contributed by atoms with van der Waals surface area (Å²) in [5, 5.41) is 3.19. The molecule has 2 aliphatic carbocycles. The van der Waals surface area contributed by atoms with Gasteiger partial charge in [-0.05, 0) is 56.2 Å². The van der Waals surface area contributed by atoms with E-state index in [0.29, 0.717) is 5.69 Å². The zero-order chi connectivity index (χ0) is 13.9. The van der Waals surface area contributed by atoms with Crippen LogP contribution in [0, 0.1) is 23.6 Å². The number of anilines is 1. The number of para-hydroxylation sites is 1. The van der Waals surface area contributed by atoms with Gasteiger partial charge in [-0.3, -0.25) is 0 Å². The fourth-order valence-corrected chi connectivity index (χ4v) is 4.08. The molecule has 3 atom stereocenters. The van der Waals surface area contributed by atoms with Crippen LogP contribution in [0.15, 0.2) is 24.3 Å². The van der Waals surface area contributed by atoms with Gasteiger partial charge in [0, 0.05) is 19.6 Å². The van der Waals surface area contributed by atoms with Gasteiger partial charge in [0.15, 0.2) is 0 Å². The Kier molecular flexibility index (Phi) is 4.25. The summed E-state index contributed by atoms with van der Waals surface area (Å²) in [7, 11) is 2.19. The predicted molar refractivity (Wildman–Crippen MR) is 81.3 cm³/mol. The quantitative estimate of drug-likeness (QED) is 0.854. The van der Waals surface area contributed by atoms with Crippen LogP contribution in [-0.2, 0) is 0 Å². The molecule has 0 aliphatic heterocycles. The largest absolute Gasteiger partial charge is 0.381 e. The third-order valence-electron chi connectivity index (χ3n) is 5.11. The van der Waals surface area contributed by atoms with Crippen LogP contribution in [0.5, 0.6) is 0 Å². The number of nitrogens with one attached hydrogen (secondary N) is 1. The molecule has 3 heteroatoms. The van der Waals surface area contributed by atoms with Gasteiger partial charge in [0.25, 0.3) is 0 Å². The first kappa shape index (κ1) is 13.9. The molecular weight excluding hydrogens is 251 g/mol. The van der Waals surface area contributed by atoms with Gasteiger partial charge in [-0.25, -0.2) is 4.39 Å². The third kappa shape index (κ3) is 3.14. The molecule has 2 bridgehead atoms. The second kappa shape index (κ2) is 6.13. The maximum Gasteiger partial charge on any atom is 0.146 e. The van der Waals surface area contributed by atoms with Crippen molar-refractivity contribution in [3.05, 3.63) is 30.1 Å². The van der Waals surface area contributed by atoms with Crippen molar-refractivity contribution in [3.8, 4) is 0 Å². The topological polar surface area (TPSA) is 15.3 Å². The van der Waals surface area contributed by atoms with Crippen LogP contribution in [0.2, 0.25) is 0 Å². The van der Waals surface area contributed by atoms with Gasteiger partial charge < -0.3 is 10.2 Å². The Labute approximate surface area is 121 Å². The lowest BCUT2D eigenvalue weighted by molar-refractivity contribution is 0.225. The highest BCUT2D eigenvalue weighted by atomic mass is 19.1. The van der Waals surface area contributed by atoms with E-state index in [0.717, 1.165) is 30.8 Å². The highest BCUT2D eigenvalue weighted by Crippen LogP contribution is 2.48. The first-order chi connectivity index (χ1) is 9.72. The number of hydrogen-bond donors (Lipinski definition) is 1. The van der Waals surface area contributed by atoms with Gasteiger partial charge in [-0.2, -0.15) is 0 Å². The van der Waals surface area contributed by atoms with Crippen LogP contribution < -0.4 is 5.32 Å². The number of nitrogens with zero attached hydrogens (tertiary/aromatic N) is 1. The Morgan fingerprint density at radius 2 is 2.10 bits per heavy atom. The summed E-state index contributed by atoms with van der Waals surface area (Å²) in [6.07, 6.45) is 5.85. The zero-order valence-corrected chi connectivity index (χ0v) is 12.3. The van der Waals surface area contributed by atoms with Crippen LogP contribution in [0.4, 0.5) is 10.1 Å². The fourth-order valence-electron chi connectivity index (χ4n) is 4.08. The number of halogens is 1. The molecular formula is C17H25FN2. The molecule has 0 saturated heterocycles. The van der Waals surface area contributed by atoms with Crippen LogP contribution >= 0.6 is 0 Å². The van der Waals surface area contributed by atoms with Crippen molar-refractivity contribution < 1.29 is 4.39 Å². The molecule has 0 spiro atoms. The normalized spacial score (nSPS) is 28.2. The van der Waals surface area contributed by atoms with Gasteiger partial charge >= 0.3 is 0 Å². The molecule has 0 heterocycles. The Bertz CT molecular complexity index is 448. The minimum Gasteiger partial charge on any atom is -0.381 e. The van der Waals surface area contributed by atoms with E-state index < -0.39 is 0 Å². The first-order valence-corrected chi connectivity index (χ1v) is 7.89. The molecule has 2 aliphatic rings. The molecule has 2 saturated carbocycles. The lowest BCUT2D eigenvalue weighted by Gasteiger charge is -2.27. The molecule has 2 fully saturated rings. The SMILES string of the molecule is CN(CCNc1ccccc1F)CC1CC2CCC1C2. The molecule has 20 heavy (non-hydrogen) atoms. The number of benzene rings is 1. The van der Waals surface area contributed by atoms with Crippen LogP contribution in [0.25, 0.3) is 0 Å². The van der Waals surface area contributed by atoms with Gasteiger partial charge in [0.05, 0.1) is 5.69 Å². The van der Waals surface area contributed by atoms with Crippen LogP contribution in [-0.4, -0.2) is 31.6 Å². The van der Waals surface area contributed by atoms with Gasteiger partial charge in [0.1, 0.15) is 5.82 Å². The molecule has 1 aromatic rings. The zero-order valence-electron chi connectivity index (χ0n) is 12.3. The summed E-state index contributed by atoms with van der Waals surface area (Å²) in [4.78, 5) is 2.40. The second-order valence-corrected chi connectivity index (χ2v) is 6.60. The van der Waals surface area contributed by atoms with Gasteiger partial charge in [-0.1, -0.05) is 18.6 Å². The lowest BCUT2D eigenvalue weighted by atomic mass is 9.88. The van der Waals surface area contributed by atoms with Gasteiger partial charge in [-0.15, -0.1) is 0 Å². The molecule has 3 unspecified atom stereocenters. The summed E-state index contributed by atoms with van der Waals surface area (Å²) in [5.74, 6) is 2.76. The van der Waals surface area contributed by atoms with Crippen molar-refractivity contribution >= 4 is 5.69 Å². The molecule has 2 nitrogen and oxygen atoms in total. The summed E-state index contributed by atoms with van der Waals surface area (Å²) in [6, 6.07) is 6.89. The fraction of sp³-hybridized carbons (Fsp3) is 0.647. The summed E-state index contributed by atoms with van der Waals surface area (Å²) in [6.45, 7) is 2.99. The average molecular weight is 276 g/mol. The molecule has 1 aromatic carbocycles. The van der Waals surface area contributed by atoms with E-state index in [-0.39, 0.29) is 5.82 Å². The summed E-state index contributed by atoms with van der Waals surface area (Å²) in [5.41, 5.74) is 0.612. The van der Waals surface area contributed by atoms with Gasteiger partial charge in [0.2, 0.25) is 0 Å². The molecule has 0 radical (unpaired) electrons. The first-order valence-electron chi connectivity index (χ1n) is 7.89. The minimum atomic E-state index is -0.164. The average Bonchev–Trinajstić information content (AvgIpc) is 3.03. The predicted octanol–water partition coefficient (Wildman–Crippen LogP) is 3.61. The Hall–Kier alpha value is -1.09. The van der Waals surface area contributed by atoms with E-state index in [2.05, 4.69) is 17.3 Å². The third-order valence-corrected chi connectivity index (χ3v) is 5.11. The highest BCUT2D eigenvalue weighted by Gasteiger charge is 2.39. The number of fused-ring (bicyclic) bond motifs is 2. The Morgan fingerprint density at radius 3 is 2.80 bits per heavy atom. The monoisotopic (exact) mass is 276 g/mol. The van der Waals surface area contributed by atoms with Crippen molar-refractivity contribution in [2.75, 3.05) is 32.0 Å². The Balaban J connectivity index is 1.39. The molecule has 3 rings (SSSR count). The molecule has 110 valence electrons. The van der Waals surface area contributed by atoms with Crippen molar-refractivity contribution in [1.29, 1.82) is 0 Å². The maximum absolute atomic E-state index is 13.5. The molecule has 0 amide bonds. The summed E-state index contributed by atoms with van der Waals surface area (Å²) >= 11 is 0. The van der Waals surface area contributed by atoms with Crippen molar-refractivity contribution in [2.24, 2.45) is 17.8 Å². The standard InChI is InChI=1S/C17H25FN2/c1-20(12-15-11-13-6-7-14(15)10-13)9-8-19-17-5-3-2-4-16(17)18/h2-5,13-15,19H,6-12H2,1H3. The van der Waals surface area contributed by atoms with E-state index in [9.17, 15) is 4.39 Å². The molecule has 1 N–H and O–H groups in total. The lowest BCUT2D eigenvalue weighted by Crippen LogP contribution is -2.32. The second-order valence-electron chi connectivity index (χ2n) is 6.60. The number of hydrogen-bond acceptors (Lipinski definition) is 2. The maximum atomic E-state index is 13.5.